The zero-order valence-corrected chi connectivity index (χ0v) is 17.0. The van der Waals surface area contributed by atoms with Crippen molar-refractivity contribution in [3.05, 3.63) is 65.4 Å². The summed E-state index contributed by atoms with van der Waals surface area (Å²) in [5, 5.41) is 6.67. The van der Waals surface area contributed by atoms with E-state index >= 15 is 0 Å². The molecule has 6 heteroatoms. The minimum atomic E-state index is -0.646. The molecule has 6 nitrogen and oxygen atoms in total. The first-order valence-electron chi connectivity index (χ1n) is 9.74. The molecule has 3 rings (SSSR count). The second-order valence-electron chi connectivity index (χ2n) is 7.18. The van der Waals surface area contributed by atoms with Gasteiger partial charge >= 0.3 is 0 Å². The Bertz CT molecular complexity index is 989. The van der Waals surface area contributed by atoms with Gasteiger partial charge in [-0.2, -0.15) is 0 Å². The Morgan fingerprint density at radius 2 is 1.79 bits per heavy atom. The van der Waals surface area contributed by atoms with Crippen molar-refractivity contribution in [1.82, 2.24) is 15.6 Å². The van der Waals surface area contributed by atoms with Crippen LogP contribution in [0, 0.1) is 13.8 Å². The molecule has 1 atom stereocenters. The van der Waals surface area contributed by atoms with Gasteiger partial charge in [0.2, 0.25) is 11.8 Å². The summed E-state index contributed by atoms with van der Waals surface area (Å²) in [5.74, 6) is 0.381. The van der Waals surface area contributed by atoms with Gasteiger partial charge in [0.05, 0.1) is 6.54 Å². The topological polar surface area (TPSA) is 83.2 Å². The highest BCUT2D eigenvalue weighted by Crippen LogP contribution is 2.22. The van der Waals surface area contributed by atoms with Gasteiger partial charge in [-0.05, 0) is 36.6 Å². The van der Waals surface area contributed by atoms with Gasteiger partial charge in [-0.1, -0.05) is 36.4 Å². The van der Waals surface area contributed by atoms with Crippen molar-refractivity contribution in [2.24, 2.45) is 0 Å². The number of hydrogen-bond donors (Lipinski definition) is 3. The lowest BCUT2D eigenvalue weighted by atomic mass is 10.0. The molecule has 1 aromatic heterocycles. The van der Waals surface area contributed by atoms with E-state index in [0.29, 0.717) is 19.6 Å². The molecule has 2 amide bonds. The lowest BCUT2D eigenvalue weighted by molar-refractivity contribution is -0.128. The molecule has 1 heterocycles. The summed E-state index contributed by atoms with van der Waals surface area (Å²) in [5.41, 5.74) is 4.12. The van der Waals surface area contributed by atoms with Crippen LogP contribution in [-0.2, 0) is 16.0 Å². The summed E-state index contributed by atoms with van der Waals surface area (Å²) in [6.45, 7) is 6.12. The molecule has 0 radical (unpaired) electrons. The van der Waals surface area contributed by atoms with E-state index in [1.54, 1.807) is 0 Å². The van der Waals surface area contributed by atoms with Crippen molar-refractivity contribution >= 4 is 22.7 Å². The van der Waals surface area contributed by atoms with Crippen LogP contribution in [0.25, 0.3) is 10.9 Å². The number of aryl methyl sites for hydroxylation is 2. The van der Waals surface area contributed by atoms with Crippen molar-refractivity contribution in [1.29, 1.82) is 0 Å². The van der Waals surface area contributed by atoms with Crippen molar-refractivity contribution in [2.75, 3.05) is 13.2 Å². The second-order valence-corrected chi connectivity index (χ2v) is 7.18. The maximum atomic E-state index is 12.7. The molecule has 3 aromatic rings. The van der Waals surface area contributed by atoms with Crippen LogP contribution in [0.3, 0.4) is 0 Å². The van der Waals surface area contributed by atoms with Gasteiger partial charge < -0.3 is 20.4 Å². The van der Waals surface area contributed by atoms with Crippen LogP contribution in [-0.4, -0.2) is 36.0 Å². The van der Waals surface area contributed by atoms with Crippen molar-refractivity contribution in [2.45, 2.75) is 33.2 Å². The Balaban J connectivity index is 1.60. The Morgan fingerprint density at radius 3 is 2.52 bits per heavy atom. The third-order valence-corrected chi connectivity index (χ3v) is 4.85. The normalized spacial score (nSPS) is 11.8. The van der Waals surface area contributed by atoms with E-state index < -0.39 is 6.04 Å². The Labute approximate surface area is 170 Å². The molecule has 0 fully saturated rings. The van der Waals surface area contributed by atoms with E-state index in [9.17, 15) is 9.59 Å². The SMILES string of the molecule is CC(=O)N[C@H](Cc1c[nH]c2ccccc12)C(=O)NCCOc1c(C)cccc1C. The molecular formula is C23H27N3O3. The molecular weight excluding hydrogens is 366 g/mol. The van der Waals surface area contributed by atoms with Gasteiger partial charge in [0.15, 0.2) is 0 Å². The molecule has 3 N–H and O–H groups in total. The van der Waals surface area contributed by atoms with Crippen LogP contribution in [0.2, 0.25) is 0 Å². The van der Waals surface area contributed by atoms with Crippen LogP contribution in [0.5, 0.6) is 5.75 Å². The van der Waals surface area contributed by atoms with Gasteiger partial charge in [-0.25, -0.2) is 0 Å². The maximum absolute atomic E-state index is 12.7. The number of benzene rings is 2. The summed E-state index contributed by atoms with van der Waals surface area (Å²) in [6, 6.07) is 13.2. The van der Waals surface area contributed by atoms with E-state index in [-0.39, 0.29) is 11.8 Å². The maximum Gasteiger partial charge on any atom is 0.243 e. The van der Waals surface area contributed by atoms with Gasteiger partial charge in [0, 0.05) is 30.4 Å². The summed E-state index contributed by atoms with van der Waals surface area (Å²) in [7, 11) is 0. The van der Waals surface area contributed by atoms with Crippen molar-refractivity contribution < 1.29 is 14.3 Å². The lowest BCUT2D eigenvalue weighted by Gasteiger charge is -2.18. The van der Waals surface area contributed by atoms with Crippen LogP contribution < -0.4 is 15.4 Å². The smallest absolute Gasteiger partial charge is 0.243 e. The highest BCUT2D eigenvalue weighted by Gasteiger charge is 2.21. The molecule has 0 aliphatic rings. The Morgan fingerprint density at radius 1 is 1.07 bits per heavy atom. The second kappa shape index (κ2) is 9.28. The van der Waals surface area contributed by atoms with Crippen molar-refractivity contribution in [3.8, 4) is 5.75 Å². The van der Waals surface area contributed by atoms with Crippen LogP contribution in [0.4, 0.5) is 0 Å². The molecule has 152 valence electrons. The first-order valence-corrected chi connectivity index (χ1v) is 9.74. The number of carbonyl (C=O) groups excluding carboxylic acids is 2. The standard InChI is InChI=1S/C23H27N3O3/c1-15-7-6-8-16(2)22(15)29-12-11-24-23(28)21(26-17(3)27)13-18-14-25-20-10-5-4-9-19(18)20/h4-10,14,21,25H,11-13H2,1-3H3,(H,24,28)(H,26,27)/t21-/m1/s1. The third kappa shape index (κ3) is 5.16. The Kier molecular flexibility index (Phi) is 6.54. The van der Waals surface area contributed by atoms with Gasteiger partial charge in [-0.3, -0.25) is 9.59 Å². The average Bonchev–Trinajstić information content (AvgIpc) is 3.09. The van der Waals surface area contributed by atoms with Gasteiger partial charge in [0.25, 0.3) is 0 Å². The number of fused-ring (bicyclic) bond motifs is 1. The summed E-state index contributed by atoms with van der Waals surface area (Å²) >= 11 is 0. The van der Waals surface area contributed by atoms with Crippen LogP contribution in [0.15, 0.2) is 48.7 Å². The molecule has 2 aromatic carbocycles. The predicted octanol–water partition coefficient (Wildman–Crippen LogP) is 3.03. The molecule has 0 bridgehead atoms. The number of aromatic nitrogens is 1. The lowest BCUT2D eigenvalue weighted by Crippen LogP contribution is -2.48. The number of carbonyl (C=O) groups is 2. The van der Waals surface area contributed by atoms with E-state index in [0.717, 1.165) is 33.3 Å². The molecule has 0 unspecified atom stereocenters. The van der Waals surface area contributed by atoms with Crippen molar-refractivity contribution in [3.63, 3.8) is 0 Å². The number of rotatable bonds is 8. The van der Waals surface area contributed by atoms with Gasteiger partial charge in [-0.15, -0.1) is 0 Å². The molecule has 0 saturated carbocycles. The molecule has 0 aliphatic heterocycles. The number of amides is 2. The number of nitrogens with one attached hydrogen (secondary N) is 3. The number of ether oxygens (including phenoxy) is 1. The summed E-state index contributed by atoms with van der Waals surface area (Å²) in [6.07, 6.45) is 2.30. The quantitative estimate of drug-likeness (QED) is 0.515. The monoisotopic (exact) mass is 393 g/mol. The molecule has 0 aliphatic carbocycles. The fourth-order valence-corrected chi connectivity index (χ4v) is 3.45. The number of H-pyrrole nitrogens is 1. The number of aromatic amines is 1. The number of hydrogen-bond acceptors (Lipinski definition) is 3. The zero-order valence-electron chi connectivity index (χ0n) is 17.0. The largest absolute Gasteiger partial charge is 0.491 e. The summed E-state index contributed by atoms with van der Waals surface area (Å²) < 4.78 is 5.84. The third-order valence-electron chi connectivity index (χ3n) is 4.85. The average molecular weight is 393 g/mol. The summed E-state index contributed by atoms with van der Waals surface area (Å²) in [4.78, 5) is 27.5. The van der Waals surface area contributed by atoms with E-state index in [1.165, 1.54) is 6.92 Å². The van der Waals surface area contributed by atoms with Crippen LogP contribution in [0.1, 0.15) is 23.6 Å². The van der Waals surface area contributed by atoms with E-state index in [4.69, 9.17) is 4.74 Å². The first-order chi connectivity index (χ1) is 14.0. The molecule has 0 spiro atoms. The zero-order chi connectivity index (χ0) is 20.8. The van der Waals surface area contributed by atoms with E-state index in [1.807, 2.05) is 62.5 Å². The molecule has 29 heavy (non-hydrogen) atoms. The Hall–Kier alpha value is -3.28. The molecule has 0 saturated heterocycles. The first kappa shape index (κ1) is 20.5. The van der Waals surface area contributed by atoms with Crippen LogP contribution >= 0.6 is 0 Å². The van der Waals surface area contributed by atoms with Gasteiger partial charge in [0.1, 0.15) is 18.4 Å². The highest BCUT2D eigenvalue weighted by molar-refractivity contribution is 5.89. The highest BCUT2D eigenvalue weighted by atomic mass is 16.5. The predicted molar refractivity (Wildman–Crippen MR) is 114 cm³/mol. The minimum absolute atomic E-state index is 0.226. The fourth-order valence-electron chi connectivity index (χ4n) is 3.45. The van der Waals surface area contributed by atoms with E-state index in [2.05, 4.69) is 15.6 Å². The fraction of sp³-hybridized carbons (Fsp3) is 0.304. The number of para-hydroxylation sites is 2. The minimum Gasteiger partial charge on any atom is -0.491 e.